The first-order chi connectivity index (χ1) is 12.6. The molecule has 3 rings (SSSR count). The molecular formula is C18H18N2O6S. The highest BCUT2D eigenvalue weighted by molar-refractivity contribution is 7.94. The number of hydrogen-bond donors (Lipinski definition) is 1. The molecule has 0 aliphatic carbocycles. The summed E-state index contributed by atoms with van der Waals surface area (Å²) in [5.41, 5.74) is 0.270. The molecule has 0 atom stereocenters. The van der Waals surface area contributed by atoms with Gasteiger partial charge < -0.3 is 9.84 Å². The smallest absolute Gasteiger partial charge is 0.342 e. The number of amides is 2. The summed E-state index contributed by atoms with van der Waals surface area (Å²) in [7, 11) is -2.69. The van der Waals surface area contributed by atoms with Crippen LogP contribution in [0.2, 0.25) is 0 Å². The summed E-state index contributed by atoms with van der Waals surface area (Å²) in [5.74, 6) is -0.688. The Hall–Kier alpha value is -3.07. The van der Waals surface area contributed by atoms with E-state index in [9.17, 15) is 18.0 Å². The van der Waals surface area contributed by atoms with Gasteiger partial charge in [0.2, 0.25) is 0 Å². The number of nitrogens with zero attached hydrogens (tertiary/aromatic N) is 2. The van der Waals surface area contributed by atoms with Crippen LogP contribution < -0.4 is 13.9 Å². The summed E-state index contributed by atoms with van der Waals surface area (Å²) in [6.07, 6.45) is -0.103. The van der Waals surface area contributed by atoms with Crippen molar-refractivity contribution >= 4 is 33.4 Å². The zero-order valence-electron chi connectivity index (χ0n) is 14.9. The molecule has 8 nitrogen and oxygen atoms in total. The van der Waals surface area contributed by atoms with Crippen molar-refractivity contribution in [1.82, 2.24) is 0 Å². The summed E-state index contributed by atoms with van der Waals surface area (Å²) < 4.78 is 32.3. The van der Waals surface area contributed by atoms with E-state index in [1.54, 1.807) is 0 Å². The molecule has 2 aromatic carbocycles. The van der Waals surface area contributed by atoms with Crippen molar-refractivity contribution in [2.45, 2.75) is 24.8 Å². The summed E-state index contributed by atoms with van der Waals surface area (Å²) >= 11 is 0. The van der Waals surface area contributed by atoms with Crippen LogP contribution in [0.3, 0.4) is 0 Å². The lowest BCUT2D eigenvalue weighted by Gasteiger charge is -2.34. The van der Waals surface area contributed by atoms with E-state index in [2.05, 4.69) is 0 Å². The SMILES string of the molecule is CC(C)Oc1ccc2c(c1)N(C)C(=O)N(c1ccc(C(=O)O)cc1)S2(=O)=O. The van der Waals surface area contributed by atoms with Gasteiger partial charge in [-0.3, -0.25) is 4.90 Å². The number of urea groups is 1. The fourth-order valence-electron chi connectivity index (χ4n) is 2.75. The molecule has 1 aliphatic rings. The molecule has 142 valence electrons. The molecule has 0 fully saturated rings. The minimum Gasteiger partial charge on any atom is -0.491 e. The maximum absolute atomic E-state index is 13.0. The van der Waals surface area contributed by atoms with E-state index in [1.807, 2.05) is 13.8 Å². The van der Waals surface area contributed by atoms with Crippen LogP contribution in [-0.2, 0) is 10.0 Å². The van der Waals surface area contributed by atoms with Crippen molar-refractivity contribution in [3.8, 4) is 5.75 Å². The summed E-state index contributed by atoms with van der Waals surface area (Å²) in [6.45, 7) is 3.68. The molecule has 0 aromatic heterocycles. The Morgan fingerprint density at radius 2 is 1.74 bits per heavy atom. The molecule has 1 heterocycles. The Balaban J connectivity index is 2.10. The van der Waals surface area contributed by atoms with Crippen LogP contribution in [0.15, 0.2) is 47.4 Å². The normalized spacial score (nSPS) is 15.6. The summed E-state index contributed by atoms with van der Waals surface area (Å²) in [6, 6.07) is 8.73. The van der Waals surface area contributed by atoms with Crippen LogP contribution in [-0.4, -0.2) is 38.7 Å². The number of carbonyl (C=O) groups is 2. The quantitative estimate of drug-likeness (QED) is 0.861. The van der Waals surface area contributed by atoms with Crippen molar-refractivity contribution in [3.05, 3.63) is 48.0 Å². The van der Waals surface area contributed by atoms with Crippen molar-refractivity contribution in [2.75, 3.05) is 16.3 Å². The average Bonchev–Trinajstić information content (AvgIpc) is 2.59. The molecule has 0 spiro atoms. The largest absolute Gasteiger partial charge is 0.491 e. The Labute approximate surface area is 156 Å². The third-order valence-electron chi connectivity index (χ3n) is 3.99. The maximum Gasteiger partial charge on any atom is 0.342 e. The van der Waals surface area contributed by atoms with Crippen LogP contribution >= 0.6 is 0 Å². The number of carboxylic acid groups (broad SMARTS) is 1. The number of sulfonamides is 1. The molecule has 0 saturated carbocycles. The standard InChI is InChI=1S/C18H18N2O6S/c1-11(2)26-14-8-9-16-15(10-14)19(3)18(23)20(27(16,24)25)13-6-4-12(5-7-13)17(21)22/h4-11H,1-3H3,(H,21,22). The fraction of sp³-hybridized carbons (Fsp3) is 0.222. The molecule has 1 N–H and O–H groups in total. The van der Waals surface area contributed by atoms with E-state index < -0.39 is 22.0 Å². The lowest BCUT2D eigenvalue weighted by atomic mass is 10.2. The highest BCUT2D eigenvalue weighted by Gasteiger charge is 2.41. The van der Waals surface area contributed by atoms with E-state index in [-0.39, 0.29) is 27.9 Å². The van der Waals surface area contributed by atoms with E-state index in [4.69, 9.17) is 9.84 Å². The molecule has 2 amide bonds. The molecule has 1 aliphatic heterocycles. The van der Waals surface area contributed by atoms with E-state index in [0.717, 1.165) is 0 Å². The molecule has 0 unspecified atom stereocenters. The number of ether oxygens (including phenoxy) is 1. The van der Waals surface area contributed by atoms with Crippen LogP contribution in [0.1, 0.15) is 24.2 Å². The monoisotopic (exact) mass is 390 g/mol. The second kappa shape index (κ2) is 6.58. The maximum atomic E-state index is 13.0. The van der Waals surface area contributed by atoms with Crippen LogP contribution in [0.5, 0.6) is 5.75 Å². The minimum atomic E-state index is -4.16. The van der Waals surface area contributed by atoms with Gasteiger partial charge in [-0.1, -0.05) is 0 Å². The molecule has 2 aromatic rings. The Kier molecular flexibility index (Phi) is 4.56. The number of carboxylic acids is 1. The van der Waals surface area contributed by atoms with E-state index in [1.165, 1.54) is 54.4 Å². The second-order valence-corrected chi connectivity index (χ2v) is 8.01. The van der Waals surface area contributed by atoms with E-state index in [0.29, 0.717) is 10.1 Å². The number of rotatable bonds is 4. The number of anilines is 2. The average molecular weight is 390 g/mol. The number of benzene rings is 2. The van der Waals surface area contributed by atoms with Gasteiger partial charge in [-0.25, -0.2) is 18.0 Å². The Morgan fingerprint density at radius 3 is 2.30 bits per heavy atom. The van der Waals surface area contributed by atoms with Gasteiger partial charge in [0, 0.05) is 13.1 Å². The number of carbonyl (C=O) groups excluding carboxylic acids is 1. The fourth-order valence-corrected chi connectivity index (χ4v) is 4.38. The van der Waals surface area contributed by atoms with Gasteiger partial charge in [-0.05, 0) is 50.2 Å². The lowest BCUT2D eigenvalue weighted by molar-refractivity contribution is 0.0697. The van der Waals surface area contributed by atoms with Gasteiger partial charge in [-0.2, -0.15) is 4.31 Å². The van der Waals surface area contributed by atoms with Gasteiger partial charge in [0.1, 0.15) is 10.6 Å². The van der Waals surface area contributed by atoms with Gasteiger partial charge in [0.25, 0.3) is 10.0 Å². The topological polar surface area (TPSA) is 104 Å². The van der Waals surface area contributed by atoms with Gasteiger partial charge in [0.05, 0.1) is 23.0 Å². The molecular weight excluding hydrogens is 372 g/mol. The van der Waals surface area contributed by atoms with Crippen molar-refractivity contribution < 1.29 is 27.9 Å². The first-order valence-corrected chi connectivity index (χ1v) is 9.54. The number of hydrogen-bond acceptors (Lipinski definition) is 5. The van der Waals surface area contributed by atoms with Crippen molar-refractivity contribution in [3.63, 3.8) is 0 Å². The Morgan fingerprint density at radius 1 is 1.11 bits per heavy atom. The predicted octanol–water partition coefficient (Wildman–Crippen LogP) is 2.94. The Bertz CT molecular complexity index is 1010. The van der Waals surface area contributed by atoms with Gasteiger partial charge >= 0.3 is 12.0 Å². The molecule has 9 heteroatoms. The highest BCUT2D eigenvalue weighted by Crippen LogP contribution is 2.38. The zero-order valence-corrected chi connectivity index (χ0v) is 15.7. The minimum absolute atomic E-state index is 0.00941. The first-order valence-electron chi connectivity index (χ1n) is 8.10. The predicted molar refractivity (Wildman–Crippen MR) is 99.1 cm³/mol. The third kappa shape index (κ3) is 3.21. The van der Waals surface area contributed by atoms with Crippen molar-refractivity contribution in [1.29, 1.82) is 0 Å². The third-order valence-corrected chi connectivity index (χ3v) is 5.74. The first kappa shape index (κ1) is 18.7. The van der Waals surface area contributed by atoms with Gasteiger partial charge in [0.15, 0.2) is 0 Å². The highest BCUT2D eigenvalue weighted by atomic mass is 32.2. The molecule has 0 radical (unpaired) electrons. The van der Waals surface area contributed by atoms with Crippen LogP contribution in [0.4, 0.5) is 16.2 Å². The number of fused-ring (bicyclic) bond motifs is 1. The zero-order chi connectivity index (χ0) is 19.9. The number of aromatic carboxylic acids is 1. The molecule has 27 heavy (non-hydrogen) atoms. The summed E-state index contributed by atoms with van der Waals surface area (Å²) in [5, 5.41) is 8.98. The van der Waals surface area contributed by atoms with Gasteiger partial charge in [-0.15, -0.1) is 0 Å². The lowest BCUT2D eigenvalue weighted by Crippen LogP contribution is -2.49. The van der Waals surface area contributed by atoms with Crippen LogP contribution in [0, 0.1) is 0 Å². The molecule has 0 bridgehead atoms. The van der Waals surface area contributed by atoms with E-state index >= 15 is 0 Å². The molecule has 0 saturated heterocycles. The second-order valence-electron chi connectivity index (χ2n) is 6.26. The van der Waals surface area contributed by atoms with Crippen LogP contribution in [0.25, 0.3) is 0 Å². The van der Waals surface area contributed by atoms with Crippen molar-refractivity contribution in [2.24, 2.45) is 0 Å². The summed E-state index contributed by atoms with van der Waals surface area (Å²) in [4.78, 5) is 24.9.